The molecule has 0 aromatic heterocycles. The van der Waals surface area contributed by atoms with Crippen LogP contribution in [0.3, 0.4) is 0 Å². The number of rotatable bonds is 4. The first-order valence-electron chi connectivity index (χ1n) is 12.1. The van der Waals surface area contributed by atoms with Crippen LogP contribution in [-0.4, -0.2) is 28.2 Å². The maximum absolute atomic E-state index is 12.1. The zero-order valence-electron chi connectivity index (χ0n) is 19.0. The quantitative estimate of drug-likeness (QED) is 0.620. The number of hydrogen-bond acceptors (Lipinski definition) is 3. The number of allylic oxidation sites excluding steroid dienone is 4. The molecule has 4 aliphatic rings. The molecule has 32 heavy (non-hydrogen) atoms. The number of hydrogen-bond donors (Lipinski definition) is 2. The fourth-order valence-corrected chi connectivity index (χ4v) is 7.38. The lowest BCUT2D eigenvalue weighted by molar-refractivity contribution is -0.114. The molecule has 0 saturated heterocycles. The van der Waals surface area contributed by atoms with Crippen molar-refractivity contribution in [3.63, 3.8) is 0 Å². The van der Waals surface area contributed by atoms with Gasteiger partial charge in [0.2, 0.25) is 0 Å². The van der Waals surface area contributed by atoms with Crippen LogP contribution in [0.1, 0.15) is 68.9 Å². The molecule has 5 rings (SSSR count). The molecule has 1 aromatic carbocycles. The largest absolute Gasteiger partial charge is 0.392 e. The van der Waals surface area contributed by atoms with Crippen molar-refractivity contribution in [2.24, 2.45) is 17.3 Å². The molecule has 0 unspecified atom stereocenters. The molecule has 0 bridgehead atoms. The van der Waals surface area contributed by atoms with E-state index in [2.05, 4.69) is 37.8 Å². The van der Waals surface area contributed by atoms with Gasteiger partial charge in [0.1, 0.15) is 0 Å². The lowest BCUT2D eigenvalue weighted by atomic mass is 9.51. The highest BCUT2D eigenvalue weighted by Gasteiger charge is 2.61. The van der Waals surface area contributed by atoms with Gasteiger partial charge in [0.25, 0.3) is 0 Å². The van der Waals surface area contributed by atoms with Crippen molar-refractivity contribution in [3.05, 3.63) is 76.9 Å². The van der Waals surface area contributed by atoms with Crippen molar-refractivity contribution in [3.8, 4) is 0 Å². The molecule has 5 atom stereocenters. The summed E-state index contributed by atoms with van der Waals surface area (Å²) in [5.41, 5.74) is 5.49. The molecular weight excluding hydrogens is 396 g/mol. The Morgan fingerprint density at radius 3 is 2.66 bits per heavy atom. The van der Waals surface area contributed by atoms with Gasteiger partial charge in [0.05, 0.1) is 12.2 Å². The maximum atomic E-state index is 12.1. The van der Waals surface area contributed by atoms with Crippen LogP contribution in [0.15, 0.2) is 65.8 Å². The third-order valence-electron chi connectivity index (χ3n) is 9.02. The molecule has 0 amide bonds. The second-order valence-corrected chi connectivity index (χ2v) is 10.4. The standard InChI is InChI=1S/C29H34O3/c1-3-19-5-7-20(8-6-19)25-18-28(2)26(13-15-29(28,32)14-4-16-30)24-11-9-21-17-22(31)10-12-23(21)27(24)25/h3-8,14,17,24-26,30,32H,1,9-13,15-16,18H2,2H3/t24-,25-,26-,28-,29-/m0/s1. The first kappa shape index (κ1) is 21.6. The molecule has 0 spiro atoms. The Hall–Kier alpha value is -2.23. The van der Waals surface area contributed by atoms with Crippen molar-refractivity contribution < 1.29 is 15.0 Å². The average molecular weight is 431 g/mol. The molecule has 2 N–H and O–H groups in total. The van der Waals surface area contributed by atoms with E-state index < -0.39 is 5.60 Å². The highest BCUT2D eigenvalue weighted by Crippen LogP contribution is 2.67. The van der Waals surface area contributed by atoms with Crippen molar-refractivity contribution >= 4 is 11.9 Å². The van der Waals surface area contributed by atoms with Crippen LogP contribution in [0.4, 0.5) is 0 Å². The van der Waals surface area contributed by atoms with E-state index >= 15 is 0 Å². The van der Waals surface area contributed by atoms with E-state index in [0.29, 0.717) is 18.3 Å². The fourth-order valence-electron chi connectivity index (χ4n) is 7.38. The van der Waals surface area contributed by atoms with E-state index in [-0.39, 0.29) is 23.7 Å². The molecule has 1 aromatic rings. The van der Waals surface area contributed by atoms with Gasteiger partial charge in [-0.25, -0.2) is 0 Å². The molecule has 0 heterocycles. The topological polar surface area (TPSA) is 57.5 Å². The van der Waals surface area contributed by atoms with Gasteiger partial charge in [-0.2, -0.15) is 0 Å². The summed E-state index contributed by atoms with van der Waals surface area (Å²) in [7, 11) is 0. The zero-order valence-corrected chi connectivity index (χ0v) is 19.0. The Morgan fingerprint density at radius 1 is 1.16 bits per heavy atom. The minimum atomic E-state index is -0.894. The van der Waals surface area contributed by atoms with Crippen LogP contribution in [0.5, 0.6) is 0 Å². The highest BCUT2D eigenvalue weighted by molar-refractivity contribution is 5.93. The van der Waals surface area contributed by atoms with Crippen LogP contribution in [0, 0.1) is 17.3 Å². The fraction of sp³-hybridized carbons (Fsp3) is 0.483. The molecular formula is C29H34O3. The monoisotopic (exact) mass is 430 g/mol. The number of ketones is 1. The summed E-state index contributed by atoms with van der Waals surface area (Å²) in [6.07, 6.45) is 13.5. The summed E-state index contributed by atoms with van der Waals surface area (Å²) >= 11 is 0. The molecule has 2 fully saturated rings. The molecule has 3 nitrogen and oxygen atoms in total. The second kappa shape index (κ2) is 7.97. The third-order valence-corrected chi connectivity index (χ3v) is 9.02. The Kier molecular flexibility index (Phi) is 5.38. The lowest BCUT2D eigenvalue weighted by Crippen LogP contribution is -2.50. The number of fused-ring (bicyclic) bond motifs is 4. The smallest absolute Gasteiger partial charge is 0.156 e. The van der Waals surface area contributed by atoms with Crippen molar-refractivity contribution in [1.82, 2.24) is 0 Å². The van der Waals surface area contributed by atoms with Crippen molar-refractivity contribution in [2.45, 2.75) is 63.4 Å². The summed E-state index contributed by atoms with van der Waals surface area (Å²) in [4.78, 5) is 12.1. The summed E-state index contributed by atoms with van der Waals surface area (Å²) in [6, 6.07) is 8.71. The molecule has 2 saturated carbocycles. The van der Waals surface area contributed by atoms with Gasteiger partial charge in [0.15, 0.2) is 5.78 Å². The van der Waals surface area contributed by atoms with E-state index in [1.165, 1.54) is 16.7 Å². The average Bonchev–Trinajstić information content (AvgIpc) is 3.07. The molecule has 0 radical (unpaired) electrons. The molecule has 168 valence electrons. The van der Waals surface area contributed by atoms with E-state index in [0.717, 1.165) is 44.1 Å². The van der Waals surface area contributed by atoms with E-state index in [4.69, 9.17) is 0 Å². The minimum absolute atomic E-state index is 0.0452. The molecule has 4 aliphatic carbocycles. The first-order chi connectivity index (χ1) is 15.4. The third kappa shape index (κ3) is 3.21. The summed E-state index contributed by atoms with van der Waals surface area (Å²) in [5.74, 6) is 1.36. The Morgan fingerprint density at radius 2 is 1.94 bits per heavy atom. The Bertz CT molecular complexity index is 1030. The number of benzene rings is 1. The van der Waals surface area contributed by atoms with Gasteiger partial charge in [-0.1, -0.05) is 61.6 Å². The number of carbonyl (C=O) groups excluding carboxylic acids is 1. The molecule has 0 aliphatic heterocycles. The Labute approximate surface area is 191 Å². The van der Waals surface area contributed by atoms with Crippen molar-refractivity contribution in [2.75, 3.05) is 6.61 Å². The number of aliphatic hydroxyl groups is 2. The first-order valence-corrected chi connectivity index (χ1v) is 12.1. The van der Waals surface area contributed by atoms with E-state index in [9.17, 15) is 15.0 Å². The van der Waals surface area contributed by atoms with E-state index in [1.54, 1.807) is 11.6 Å². The second-order valence-electron chi connectivity index (χ2n) is 10.4. The summed E-state index contributed by atoms with van der Waals surface area (Å²) in [5, 5.41) is 21.2. The van der Waals surface area contributed by atoms with Gasteiger partial charge in [-0.05, 0) is 78.7 Å². The van der Waals surface area contributed by atoms with Crippen LogP contribution in [0.2, 0.25) is 0 Å². The van der Waals surface area contributed by atoms with Gasteiger partial charge in [0, 0.05) is 17.8 Å². The predicted octanol–water partition coefficient (Wildman–Crippen LogP) is 5.51. The highest BCUT2D eigenvalue weighted by atomic mass is 16.3. The maximum Gasteiger partial charge on any atom is 0.156 e. The minimum Gasteiger partial charge on any atom is -0.392 e. The van der Waals surface area contributed by atoms with Gasteiger partial charge in [-0.3, -0.25) is 4.79 Å². The number of aliphatic hydroxyl groups excluding tert-OH is 1. The normalized spacial score (nSPS) is 36.5. The van der Waals surface area contributed by atoms with Crippen LogP contribution in [-0.2, 0) is 4.79 Å². The summed E-state index contributed by atoms with van der Waals surface area (Å²) < 4.78 is 0. The summed E-state index contributed by atoms with van der Waals surface area (Å²) in [6.45, 7) is 6.12. The Balaban J connectivity index is 1.66. The van der Waals surface area contributed by atoms with Crippen LogP contribution in [0.25, 0.3) is 6.08 Å². The molecule has 3 heteroatoms. The SMILES string of the molecule is C=Cc1ccc([C@@H]2C[C@@]3(C)[C@@H](CC[C@@]3(O)C=CCO)[C@@H]3CCC4=CC(=O)CCC4=C23)cc1. The van der Waals surface area contributed by atoms with Crippen LogP contribution < -0.4 is 0 Å². The lowest BCUT2D eigenvalue weighted by Gasteiger charge is -2.54. The van der Waals surface area contributed by atoms with Crippen molar-refractivity contribution in [1.29, 1.82) is 0 Å². The zero-order chi connectivity index (χ0) is 22.5. The van der Waals surface area contributed by atoms with E-state index in [1.807, 2.05) is 18.2 Å². The van der Waals surface area contributed by atoms with Gasteiger partial charge in [-0.15, -0.1) is 0 Å². The van der Waals surface area contributed by atoms with Gasteiger partial charge < -0.3 is 10.2 Å². The number of carbonyl (C=O) groups is 1. The predicted molar refractivity (Wildman–Crippen MR) is 128 cm³/mol. The van der Waals surface area contributed by atoms with Gasteiger partial charge >= 0.3 is 0 Å². The van der Waals surface area contributed by atoms with Crippen LogP contribution >= 0.6 is 0 Å².